The summed E-state index contributed by atoms with van der Waals surface area (Å²) in [6.07, 6.45) is 0. The highest BCUT2D eigenvalue weighted by molar-refractivity contribution is 6.41. The van der Waals surface area contributed by atoms with Crippen molar-refractivity contribution in [3.63, 3.8) is 0 Å². The standard InChI is InChI=1S/C24H16Cl2/c1-13-3-4-15-8-19-10-16-9-18-5-14(2)7-23(25)20(18)11-17(16)12-22(19)24(26)21(15)6-13/h3-12H,1-2H3. The maximum Gasteiger partial charge on any atom is 0.0563 e. The molecule has 2 heteroatoms. The molecule has 0 spiro atoms. The van der Waals surface area contributed by atoms with E-state index in [0.29, 0.717) is 0 Å². The molecule has 26 heavy (non-hydrogen) atoms. The molecule has 0 aromatic heterocycles. The fourth-order valence-corrected chi connectivity index (χ4v) is 4.55. The highest BCUT2D eigenvalue weighted by Crippen LogP contribution is 2.37. The molecule has 0 amide bonds. The second-order valence-electron chi connectivity index (χ2n) is 7.16. The van der Waals surface area contributed by atoms with Gasteiger partial charge in [-0.05, 0) is 88.8 Å². The number of halogens is 2. The van der Waals surface area contributed by atoms with Crippen molar-refractivity contribution < 1.29 is 0 Å². The van der Waals surface area contributed by atoms with Gasteiger partial charge in [0.25, 0.3) is 0 Å². The van der Waals surface area contributed by atoms with Gasteiger partial charge in [0.1, 0.15) is 0 Å². The molecule has 0 aliphatic carbocycles. The van der Waals surface area contributed by atoms with Gasteiger partial charge in [-0.25, -0.2) is 0 Å². The van der Waals surface area contributed by atoms with E-state index in [0.717, 1.165) is 37.0 Å². The van der Waals surface area contributed by atoms with Crippen LogP contribution < -0.4 is 0 Å². The first-order valence-corrected chi connectivity index (χ1v) is 9.41. The molecular formula is C24H16Cl2. The van der Waals surface area contributed by atoms with E-state index in [1.807, 2.05) is 6.07 Å². The van der Waals surface area contributed by atoms with Crippen molar-refractivity contribution in [3.8, 4) is 0 Å². The Hall–Kier alpha value is -2.28. The minimum Gasteiger partial charge on any atom is -0.0837 e. The van der Waals surface area contributed by atoms with Crippen LogP contribution in [0.4, 0.5) is 0 Å². The predicted octanol–water partition coefficient (Wildman–Crippen LogP) is 8.22. The molecule has 0 N–H and O–H groups in total. The molecule has 0 nitrogen and oxygen atoms in total. The van der Waals surface area contributed by atoms with Crippen LogP contribution in [0.25, 0.3) is 43.1 Å². The van der Waals surface area contributed by atoms with Gasteiger partial charge in [0.05, 0.1) is 5.02 Å². The van der Waals surface area contributed by atoms with E-state index in [9.17, 15) is 0 Å². The molecule has 5 rings (SSSR count). The van der Waals surface area contributed by atoms with E-state index in [2.05, 4.69) is 68.4 Å². The van der Waals surface area contributed by atoms with Crippen molar-refractivity contribution in [1.29, 1.82) is 0 Å². The summed E-state index contributed by atoms with van der Waals surface area (Å²) in [5.41, 5.74) is 2.39. The van der Waals surface area contributed by atoms with Gasteiger partial charge in [-0.3, -0.25) is 0 Å². The van der Waals surface area contributed by atoms with Crippen LogP contribution in [0, 0.1) is 13.8 Å². The van der Waals surface area contributed by atoms with E-state index < -0.39 is 0 Å². The molecule has 0 saturated heterocycles. The Morgan fingerprint density at radius 1 is 0.500 bits per heavy atom. The fraction of sp³-hybridized carbons (Fsp3) is 0.0833. The second kappa shape index (κ2) is 5.61. The van der Waals surface area contributed by atoms with E-state index >= 15 is 0 Å². The number of benzene rings is 5. The zero-order valence-electron chi connectivity index (χ0n) is 14.5. The first-order chi connectivity index (χ1) is 12.5. The van der Waals surface area contributed by atoms with Crippen molar-refractivity contribution in [2.24, 2.45) is 0 Å². The summed E-state index contributed by atoms with van der Waals surface area (Å²) >= 11 is 13.3. The van der Waals surface area contributed by atoms with E-state index in [4.69, 9.17) is 23.2 Å². The SMILES string of the molecule is Cc1cc(Cl)c2cc3cc4c(Cl)c5cc(C)ccc5cc4cc3cc2c1. The van der Waals surface area contributed by atoms with Crippen LogP contribution in [-0.4, -0.2) is 0 Å². The Kier molecular flexibility index (Phi) is 3.44. The van der Waals surface area contributed by atoms with Gasteiger partial charge < -0.3 is 0 Å². The lowest BCUT2D eigenvalue weighted by Crippen LogP contribution is -1.84. The molecule has 5 aromatic rings. The van der Waals surface area contributed by atoms with Gasteiger partial charge >= 0.3 is 0 Å². The van der Waals surface area contributed by atoms with Gasteiger partial charge in [-0.2, -0.15) is 0 Å². The number of hydrogen-bond donors (Lipinski definition) is 0. The minimum absolute atomic E-state index is 0.794. The molecule has 0 saturated carbocycles. The third kappa shape index (κ3) is 2.37. The van der Waals surface area contributed by atoms with Gasteiger partial charge in [0, 0.05) is 21.2 Å². The molecule has 0 heterocycles. The summed E-state index contributed by atoms with van der Waals surface area (Å²) < 4.78 is 0. The molecule has 0 radical (unpaired) electrons. The third-order valence-electron chi connectivity index (χ3n) is 5.16. The Balaban J connectivity index is 1.93. The van der Waals surface area contributed by atoms with Crippen LogP contribution in [0.3, 0.4) is 0 Å². The van der Waals surface area contributed by atoms with Gasteiger partial charge in [-0.15, -0.1) is 0 Å². The highest BCUT2D eigenvalue weighted by Gasteiger charge is 2.09. The summed E-state index contributed by atoms with van der Waals surface area (Å²) in [6.45, 7) is 4.17. The summed E-state index contributed by atoms with van der Waals surface area (Å²) in [7, 11) is 0. The van der Waals surface area contributed by atoms with Crippen LogP contribution in [0.5, 0.6) is 0 Å². The molecule has 126 valence electrons. The topological polar surface area (TPSA) is 0 Å². The summed E-state index contributed by atoms with van der Waals surface area (Å²) in [5.74, 6) is 0. The molecule has 0 fully saturated rings. The van der Waals surface area contributed by atoms with Crippen molar-refractivity contribution in [2.75, 3.05) is 0 Å². The smallest absolute Gasteiger partial charge is 0.0563 e. The second-order valence-corrected chi connectivity index (χ2v) is 7.94. The first-order valence-electron chi connectivity index (χ1n) is 8.66. The zero-order chi connectivity index (χ0) is 18.0. The number of hydrogen-bond acceptors (Lipinski definition) is 0. The van der Waals surface area contributed by atoms with Crippen LogP contribution >= 0.6 is 23.2 Å². The quantitative estimate of drug-likeness (QED) is 0.239. The van der Waals surface area contributed by atoms with Crippen molar-refractivity contribution in [3.05, 3.63) is 81.8 Å². The lowest BCUT2D eigenvalue weighted by atomic mass is 9.96. The minimum atomic E-state index is 0.794. The Morgan fingerprint density at radius 2 is 1.12 bits per heavy atom. The van der Waals surface area contributed by atoms with Crippen molar-refractivity contribution in [1.82, 2.24) is 0 Å². The van der Waals surface area contributed by atoms with Gasteiger partial charge in [0.15, 0.2) is 0 Å². The van der Waals surface area contributed by atoms with Gasteiger partial charge in [0.2, 0.25) is 0 Å². The Morgan fingerprint density at radius 3 is 1.92 bits per heavy atom. The molecule has 0 aliphatic rings. The number of rotatable bonds is 0. The monoisotopic (exact) mass is 374 g/mol. The third-order valence-corrected chi connectivity index (χ3v) is 5.88. The molecular weight excluding hydrogens is 359 g/mol. The Bertz CT molecular complexity index is 1360. The number of fused-ring (bicyclic) bond motifs is 4. The van der Waals surface area contributed by atoms with Crippen molar-refractivity contribution in [2.45, 2.75) is 13.8 Å². The van der Waals surface area contributed by atoms with Crippen LogP contribution in [0.1, 0.15) is 11.1 Å². The van der Waals surface area contributed by atoms with Crippen molar-refractivity contribution >= 4 is 66.3 Å². The maximum absolute atomic E-state index is 6.79. The largest absolute Gasteiger partial charge is 0.0837 e. The molecule has 0 bridgehead atoms. The zero-order valence-corrected chi connectivity index (χ0v) is 16.0. The van der Waals surface area contributed by atoms with E-state index in [1.54, 1.807) is 0 Å². The van der Waals surface area contributed by atoms with Gasteiger partial charge in [-0.1, -0.05) is 47.0 Å². The van der Waals surface area contributed by atoms with Crippen LogP contribution in [-0.2, 0) is 0 Å². The normalized spacial score (nSPS) is 11.8. The van der Waals surface area contributed by atoms with E-state index in [-0.39, 0.29) is 0 Å². The van der Waals surface area contributed by atoms with Crippen LogP contribution in [0.2, 0.25) is 10.0 Å². The summed E-state index contributed by atoms with van der Waals surface area (Å²) in [6, 6.07) is 21.6. The molecule has 0 unspecified atom stereocenters. The number of aryl methyl sites for hydroxylation is 2. The highest BCUT2D eigenvalue weighted by atomic mass is 35.5. The maximum atomic E-state index is 6.79. The fourth-order valence-electron chi connectivity index (χ4n) is 3.88. The van der Waals surface area contributed by atoms with E-state index in [1.165, 1.54) is 27.3 Å². The first kappa shape index (κ1) is 15.9. The Labute approximate surface area is 161 Å². The average Bonchev–Trinajstić information content (AvgIpc) is 2.60. The lowest BCUT2D eigenvalue weighted by molar-refractivity contribution is 1.51. The molecule has 5 aromatic carbocycles. The molecule has 0 aliphatic heterocycles. The van der Waals surface area contributed by atoms with Crippen LogP contribution in [0.15, 0.2) is 60.7 Å². The predicted molar refractivity (Wildman–Crippen MR) is 116 cm³/mol. The molecule has 0 atom stereocenters. The lowest BCUT2D eigenvalue weighted by Gasteiger charge is -2.11. The average molecular weight is 375 g/mol. The summed E-state index contributed by atoms with van der Waals surface area (Å²) in [4.78, 5) is 0. The summed E-state index contributed by atoms with van der Waals surface area (Å²) in [5, 5.41) is 10.7.